The van der Waals surface area contributed by atoms with E-state index in [9.17, 15) is 0 Å². The molecule has 2 aliphatic rings. The van der Waals surface area contributed by atoms with Crippen LogP contribution in [0.25, 0.3) is 44.5 Å². The number of hydrogen-bond acceptors (Lipinski definition) is 2. The Balaban J connectivity index is 0.919. The third-order valence-electron chi connectivity index (χ3n) is 19.8. The molecule has 0 saturated heterocycles. The van der Waals surface area contributed by atoms with Crippen LogP contribution in [0.1, 0.15) is 89.7 Å². The van der Waals surface area contributed by atoms with E-state index in [1.165, 1.54) is 162 Å². The molecule has 0 amide bonds. The van der Waals surface area contributed by atoms with Crippen molar-refractivity contribution in [1.82, 2.24) is 0 Å². The van der Waals surface area contributed by atoms with Crippen LogP contribution in [0.2, 0.25) is 0 Å². The Hall–Kier alpha value is -10.5. The second kappa shape index (κ2) is 23.5. The molecule has 0 fully saturated rings. The highest BCUT2D eigenvalue weighted by Crippen LogP contribution is 2.48. The number of fused-ring (bicyclic) bond motifs is 4. The minimum absolute atomic E-state index is 0.0639. The van der Waals surface area contributed by atoms with Gasteiger partial charge in [-0.3, -0.25) is 0 Å². The molecule has 15 rings (SSSR count). The number of anilines is 6. The molecule has 0 unspecified atom stereocenters. The van der Waals surface area contributed by atoms with E-state index >= 15 is 0 Å². The van der Waals surface area contributed by atoms with Gasteiger partial charge in [-0.25, -0.2) is 0 Å². The smallest absolute Gasteiger partial charge is 0.252 e. The molecule has 0 aliphatic carbocycles. The summed E-state index contributed by atoms with van der Waals surface area (Å²) in [7, 11) is 0. The first-order valence-electron chi connectivity index (χ1n) is 32.2. The van der Waals surface area contributed by atoms with Gasteiger partial charge in [-0.2, -0.15) is 0 Å². The van der Waals surface area contributed by atoms with E-state index in [1.54, 1.807) is 0 Å². The zero-order valence-electron chi connectivity index (χ0n) is 53.3. The Morgan fingerprint density at radius 3 is 0.758 bits per heavy atom. The van der Waals surface area contributed by atoms with E-state index in [0.717, 1.165) is 11.4 Å². The van der Waals surface area contributed by atoms with Gasteiger partial charge in [-0.15, -0.1) is 0 Å². The summed E-state index contributed by atoms with van der Waals surface area (Å²) in [5.74, 6) is -0.128. The molecular weight excluding hydrogens is 1100 g/mol. The quantitative estimate of drug-likeness (QED) is 0.0889. The molecule has 0 radical (unpaired) electrons. The molecule has 438 valence electrons. The number of benzene rings is 13. The molecular formula is C88H73BN2. The number of nitrogens with zero attached hydrogens (tertiary/aromatic N) is 2. The molecule has 2 nitrogen and oxygen atoms in total. The Morgan fingerprint density at radius 1 is 0.231 bits per heavy atom. The lowest BCUT2D eigenvalue weighted by Gasteiger charge is -2.44. The maximum Gasteiger partial charge on any atom is 0.252 e. The zero-order valence-corrected chi connectivity index (χ0v) is 53.3. The normalized spacial score (nSPS) is 12.3. The van der Waals surface area contributed by atoms with Crippen LogP contribution in [0.15, 0.2) is 285 Å². The van der Waals surface area contributed by atoms with E-state index in [1.807, 2.05) is 0 Å². The van der Waals surface area contributed by atoms with Crippen LogP contribution >= 0.6 is 0 Å². The average Bonchev–Trinajstić information content (AvgIpc) is 0.769. The third kappa shape index (κ3) is 10.1. The number of rotatable bonds is 12. The Morgan fingerprint density at radius 2 is 0.484 bits per heavy atom. The van der Waals surface area contributed by atoms with Crippen molar-refractivity contribution in [2.24, 2.45) is 0 Å². The molecule has 3 heteroatoms. The lowest BCUT2D eigenvalue weighted by atomic mass is 9.33. The SMILES string of the molecule is Cc1cccc(C)c1-c1ccc(C(c2ccc(-c3c(C)cccc3C)cc2)c2ccc3c(c2)N(c2ccccc2)c2cccc4c2B3c2ccc(C(c3ccc(-c5c(C)cccc5C)cc3)c3ccc(-c5c(C)cccc5C)cc3)cc2N4c2ccccc2)cc1. The van der Waals surface area contributed by atoms with Crippen LogP contribution in [0.4, 0.5) is 34.1 Å². The predicted molar refractivity (Wildman–Crippen MR) is 388 cm³/mol. The minimum Gasteiger partial charge on any atom is -0.311 e. The Labute approximate surface area is 538 Å². The molecule has 13 aromatic carbocycles. The third-order valence-corrected chi connectivity index (χ3v) is 19.8. The van der Waals surface area contributed by atoms with E-state index in [-0.39, 0.29) is 18.5 Å². The number of para-hydroxylation sites is 2. The van der Waals surface area contributed by atoms with Crippen molar-refractivity contribution in [2.75, 3.05) is 9.80 Å². The molecule has 0 aromatic heterocycles. The van der Waals surface area contributed by atoms with Gasteiger partial charge < -0.3 is 9.80 Å². The lowest BCUT2D eigenvalue weighted by Crippen LogP contribution is -2.61. The monoisotopic (exact) mass is 1170 g/mol. The maximum absolute atomic E-state index is 2.54. The molecule has 2 aliphatic heterocycles. The standard InChI is InChI=1S/C88H73BN2/c1-56-20-15-21-57(2)82(56)64-34-42-68(43-35-64)86(69-44-36-65(37-45-69)83-58(3)22-16-23-59(83)4)72-50-52-76-80(54-72)90(74-28-11-9-12-29-74)78-32-19-33-79-88(78)89(76)77-53-51-73(55-81(77)91(79)75-30-13-10-14-31-75)87(70-46-38-66(39-47-70)84-60(5)24-17-25-61(84)6)71-48-40-67(41-49-71)85-62(7)26-18-27-63(85)8/h9-55,86-87H,1-8H3. The fourth-order valence-electron chi connectivity index (χ4n) is 15.6. The van der Waals surface area contributed by atoms with Gasteiger partial charge in [0.1, 0.15) is 0 Å². The summed E-state index contributed by atoms with van der Waals surface area (Å²) in [5, 5.41) is 0. The van der Waals surface area contributed by atoms with Crippen molar-refractivity contribution in [1.29, 1.82) is 0 Å². The summed E-state index contributed by atoms with van der Waals surface area (Å²) in [6.07, 6.45) is 0. The Bertz CT molecular complexity index is 4310. The summed E-state index contributed by atoms with van der Waals surface area (Å²) in [6, 6.07) is 108. The number of hydrogen-bond donors (Lipinski definition) is 0. The van der Waals surface area contributed by atoms with Gasteiger partial charge >= 0.3 is 0 Å². The zero-order chi connectivity index (χ0) is 62.0. The van der Waals surface area contributed by atoms with Gasteiger partial charge in [0.15, 0.2) is 0 Å². The largest absolute Gasteiger partial charge is 0.311 e. The molecule has 0 saturated carbocycles. The van der Waals surface area contributed by atoms with Gasteiger partial charge in [0.2, 0.25) is 0 Å². The second-order valence-electron chi connectivity index (χ2n) is 25.5. The fraction of sp³-hybridized carbons (Fsp3) is 0.114. The Kier molecular flexibility index (Phi) is 14.7. The van der Waals surface area contributed by atoms with Gasteiger partial charge in [0.25, 0.3) is 6.71 Å². The van der Waals surface area contributed by atoms with Gasteiger partial charge in [0.05, 0.1) is 0 Å². The van der Waals surface area contributed by atoms with Crippen LogP contribution in [0.3, 0.4) is 0 Å². The predicted octanol–water partition coefficient (Wildman–Crippen LogP) is 21.3. The molecule has 91 heavy (non-hydrogen) atoms. The van der Waals surface area contributed by atoms with E-state index in [4.69, 9.17) is 0 Å². The lowest BCUT2D eigenvalue weighted by molar-refractivity contribution is 0.976. The van der Waals surface area contributed by atoms with Crippen molar-refractivity contribution < 1.29 is 0 Å². The number of aryl methyl sites for hydroxylation is 8. The van der Waals surface area contributed by atoms with Gasteiger partial charge in [-0.05, 0) is 243 Å². The highest BCUT2D eigenvalue weighted by molar-refractivity contribution is 7.00. The van der Waals surface area contributed by atoms with Gasteiger partial charge in [-0.1, -0.05) is 237 Å². The summed E-state index contributed by atoms with van der Waals surface area (Å²) in [6.45, 7) is 17.7. The van der Waals surface area contributed by atoms with E-state index in [2.05, 4.69) is 350 Å². The van der Waals surface area contributed by atoms with Gasteiger partial charge in [0, 0.05) is 46.0 Å². The molecule has 0 spiro atoms. The van der Waals surface area contributed by atoms with Crippen molar-refractivity contribution in [3.63, 3.8) is 0 Å². The first-order chi connectivity index (χ1) is 44.5. The minimum atomic E-state index is -0.0716. The van der Waals surface area contributed by atoms with Crippen LogP contribution < -0.4 is 26.2 Å². The first kappa shape index (κ1) is 57.0. The average molecular weight is 1170 g/mol. The topological polar surface area (TPSA) is 6.48 Å². The highest BCUT2D eigenvalue weighted by atomic mass is 15.2. The van der Waals surface area contributed by atoms with Crippen LogP contribution in [0, 0.1) is 55.4 Å². The van der Waals surface area contributed by atoms with Crippen molar-refractivity contribution in [2.45, 2.75) is 67.2 Å². The summed E-state index contributed by atoms with van der Waals surface area (Å²) >= 11 is 0. The van der Waals surface area contributed by atoms with Crippen LogP contribution in [-0.4, -0.2) is 6.71 Å². The molecule has 2 heterocycles. The molecule has 0 bridgehead atoms. The first-order valence-corrected chi connectivity index (χ1v) is 32.2. The molecule has 0 N–H and O–H groups in total. The summed E-state index contributed by atoms with van der Waals surface area (Å²) in [5.41, 5.74) is 38.9. The van der Waals surface area contributed by atoms with Crippen LogP contribution in [-0.2, 0) is 0 Å². The maximum atomic E-state index is 2.54. The van der Waals surface area contributed by atoms with Crippen molar-refractivity contribution in [3.8, 4) is 44.5 Å². The van der Waals surface area contributed by atoms with E-state index < -0.39 is 0 Å². The summed E-state index contributed by atoms with van der Waals surface area (Å²) < 4.78 is 0. The van der Waals surface area contributed by atoms with Crippen molar-refractivity contribution >= 4 is 57.2 Å². The molecule has 13 aromatic rings. The second-order valence-corrected chi connectivity index (χ2v) is 25.5. The molecule has 0 atom stereocenters. The summed E-state index contributed by atoms with van der Waals surface area (Å²) in [4.78, 5) is 5.09. The van der Waals surface area contributed by atoms with Crippen molar-refractivity contribution in [3.05, 3.63) is 363 Å². The fourth-order valence-corrected chi connectivity index (χ4v) is 15.6. The van der Waals surface area contributed by atoms with Crippen LogP contribution in [0.5, 0.6) is 0 Å². The van der Waals surface area contributed by atoms with E-state index in [0.29, 0.717) is 0 Å². The highest BCUT2D eigenvalue weighted by Gasteiger charge is 2.44.